The van der Waals surface area contributed by atoms with Gasteiger partial charge in [-0.3, -0.25) is 0 Å². The van der Waals surface area contributed by atoms with Crippen LogP contribution in [0.25, 0.3) is 0 Å². The van der Waals surface area contributed by atoms with Crippen LogP contribution in [0.3, 0.4) is 0 Å². The summed E-state index contributed by atoms with van der Waals surface area (Å²) in [5.41, 5.74) is 0. The number of ether oxygens (including phenoxy) is 1. The summed E-state index contributed by atoms with van der Waals surface area (Å²) in [5.74, 6) is 0.372. The maximum atomic E-state index is 12.2. The Morgan fingerprint density at radius 2 is 2.06 bits per heavy atom. The van der Waals surface area contributed by atoms with E-state index >= 15 is 0 Å². The molecule has 1 aromatic carbocycles. The van der Waals surface area contributed by atoms with E-state index in [9.17, 15) is 8.42 Å². The Bertz CT molecular complexity index is 502. The molecule has 0 saturated heterocycles. The lowest BCUT2D eigenvalue weighted by atomic mass is 10.3. The second-order valence-electron chi connectivity index (χ2n) is 3.95. The molecule has 0 bridgehead atoms. The first-order valence-corrected chi connectivity index (χ1v) is 8.13. The van der Waals surface area contributed by atoms with E-state index in [2.05, 4.69) is 20.7 Å². The Hall–Kier alpha value is -0.590. The molecule has 18 heavy (non-hydrogen) atoms. The molecule has 0 aromatic heterocycles. The van der Waals surface area contributed by atoms with Gasteiger partial charge in [0, 0.05) is 10.5 Å². The van der Waals surface area contributed by atoms with Crippen LogP contribution in [0.15, 0.2) is 27.6 Å². The van der Waals surface area contributed by atoms with Crippen molar-refractivity contribution < 1.29 is 13.2 Å². The molecule has 1 atom stereocenters. The predicted molar refractivity (Wildman–Crippen MR) is 75.4 cm³/mol. The Morgan fingerprint density at radius 1 is 1.39 bits per heavy atom. The van der Waals surface area contributed by atoms with E-state index in [1.807, 2.05) is 20.8 Å². The van der Waals surface area contributed by atoms with Gasteiger partial charge in [-0.2, -0.15) is 0 Å². The molecule has 0 fully saturated rings. The minimum atomic E-state index is -3.55. The second kappa shape index (κ2) is 6.54. The monoisotopic (exact) mass is 335 g/mol. The summed E-state index contributed by atoms with van der Waals surface area (Å²) in [5, 5.41) is 0. The predicted octanol–water partition coefficient (Wildman–Crippen LogP) is 2.92. The number of hydrogen-bond donors (Lipinski definition) is 1. The average Bonchev–Trinajstić information content (AvgIpc) is 2.31. The van der Waals surface area contributed by atoms with E-state index in [1.54, 1.807) is 18.2 Å². The molecule has 4 nitrogen and oxygen atoms in total. The molecule has 102 valence electrons. The van der Waals surface area contributed by atoms with E-state index in [4.69, 9.17) is 4.74 Å². The highest BCUT2D eigenvalue weighted by molar-refractivity contribution is 9.10. The molecule has 0 aliphatic heterocycles. The SMILES string of the molecule is CCOc1ccc(Br)cc1S(=O)(=O)NC(C)CC. The van der Waals surface area contributed by atoms with Gasteiger partial charge in [-0.25, -0.2) is 13.1 Å². The number of hydrogen-bond acceptors (Lipinski definition) is 3. The molecular weight excluding hydrogens is 318 g/mol. The molecule has 0 aliphatic rings. The maximum absolute atomic E-state index is 12.2. The lowest BCUT2D eigenvalue weighted by molar-refractivity contribution is 0.331. The van der Waals surface area contributed by atoms with E-state index in [0.29, 0.717) is 16.8 Å². The normalized spacial score (nSPS) is 13.3. The lowest BCUT2D eigenvalue weighted by Gasteiger charge is -2.15. The van der Waals surface area contributed by atoms with Crippen LogP contribution in [0.4, 0.5) is 0 Å². The van der Waals surface area contributed by atoms with Gasteiger partial charge in [-0.1, -0.05) is 22.9 Å². The van der Waals surface area contributed by atoms with Crippen molar-refractivity contribution >= 4 is 26.0 Å². The Labute approximate surface area is 117 Å². The molecule has 1 unspecified atom stereocenters. The highest BCUT2D eigenvalue weighted by Gasteiger charge is 2.21. The van der Waals surface area contributed by atoms with Crippen LogP contribution in [0, 0.1) is 0 Å². The minimum absolute atomic E-state index is 0.108. The average molecular weight is 336 g/mol. The first-order chi connectivity index (χ1) is 8.40. The van der Waals surface area contributed by atoms with Crippen molar-refractivity contribution in [3.8, 4) is 5.75 Å². The lowest BCUT2D eigenvalue weighted by Crippen LogP contribution is -2.32. The van der Waals surface area contributed by atoms with Crippen molar-refractivity contribution in [1.82, 2.24) is 4.72 Å². The molecule has 0 aliphatic carbocycles. The molecule has 1 aromatic rings. The van der Waals surface area contributed by atoms with Crippen molar-refractivity contribution in [1.29, 1.82) is 0 Å². The first-order valence-electron chi connectivity index (χ1n) is 5.85. The fourth-order valence-electron chi connectivity index (χ4n) is 1.38. The molecule has 1 rings (SSSR count). The Morgan fingerprint density at radius 3 is 2.61 bits per heavy atom. The van der Waals surface area contributed by atoms with Crippen molar-refractivity contribution in [3.05, 3.63) is 22.7 Å². The fourth-order valence-corrected chi connectivity index (χ4v) is 3.39. The van der Waals surface area contributed by atoms with Gasteiger partial charge in [-0.05, 0) is 38.5 Å². The van der Waals surface area contributed by atoms with E-state index < -0.39 is 10.0 Å². The Kier molecular flexibility index (Phi) is 5.62. The van der Waals surface area contributed by atoms with Gasteiger partial charge in [0.25, 0.3) is 0 Å². The number of nitrogens with one attached hydrogen (secondary N) is 1. The standard InChI is InChI=1S/C12H18BrNO3S/c1-4-9(3)14-18(15,16)12-8-10(13)6-7-11(12)17-5-2/h6-9,14H,4-5H2,1-3H3. The van der Waals surface area contributed by atoms with Gasteiger partial charge < -0.3 is 4.74 Å². The zero-order valence-electron chi connectivity index (χ0n) is 10.7. The topological polar surface area (TPSA) is 55.4 Å². The quantitative estimate of drug-likeness (QED) is 0.869. The van der Waals surface area contributed by atoms with Crippen LogP contribution >= 0.6 is 15.9 Å². The third-order valence-electron chi connectivity index (χ3n) is 2.46. The van der Waals surface area contributed by atoms with Crippen LogP contribution < -0.4 is 9.46 Å². The molecular formula is C12H18BrNO3S. The fraction of sp³-hybridized carbons (Fsp3) is 0.500. The summed E-state index contributed by atoms with van der Waals surface area (Å²) >= 11 is 3.28. The molecule has 0 amide bonds. The van der Waals surface area contributed by atoms with Crippen molar-refractivity contribution in [2.24, 2.45) is 0 Å². The third kappa shape index (κ3) is 3.96. The van der Waals surface area contributed by atoms with Gasteiger partial charge in [0.2, 0.25) is 10.0 Å². The summed E-state index contributed by atoms with van der Waals surface area (Å²) in [6.45, 7) is 6.00. The largest absolute Gasteiger partial charge is 0.492 e. The van der Waals surface area contributed by atoms with Crippen molar-refractivity contribution in [2.75, 3.05) is 6.61 Å². The minimum Gasteiger partial charge on any atom is -0.492 e. The third-order valence-corrected chi connectivity index (χ3v) is 4.57. The summed E-state index contributed by atoms with van der Waals surface area (Å²) < 4.78 is 33.2. The molecule has 0 spiro atoms. The summed E-state index contributed by atoms with van der Waals surface area (Å²) in [4.78, 5) is 0.166. The molecule has 6 heteroatoms. The van der Waals surface area contributed by atoms with Crippen molar-refractivity contribution in [3.63, 3.8) is 0 Å². The first kappa shape index (κ1) is 15.5. The molecule has 0 saturated carbocycles. The zero-order valence-corrected chi connectivity index (χ0v) is 13.1. The summed E-state index contributed by atoms with van der Waals surface area (Å²) in [6.07, 6.45) is 0.733. The molecule has 0 heterocycles. The van der Waals surface area contributed by atoms with Crippen LogP contribution in [-0.4, -0.2) is 21.1 Å². The maximum Gasteiger partial charge on any atom is 0.244 e. The number of halogens is 1. The smallest absolute Gasteiger partial charge is 0.244 e. The van der Waals surface area contributed by atoms with E-state index in [-0.39, 0.29) is 10.9 Å². The van der Waals surface area contributed by atoms with Crippen LogP contribution in [0.5, 0.6) is 5.75 Å². The summed E-state index contributed by atoms with van der Waals surface area (Å²) in [7, 11) is -3.55. The van der Waals surface area contributed by atoms with Gasteiger partial charge in [0.05, 0.1) is 6.61 Å². The summed E-state index contributed by atoms with van der Waals surface area (Å²) in [6, 6.07) is 4.85. The van der Waals surface area contributed by atoms with E-state index in [1.165, 1.54) is 0 Å². The van der Waals surface area contributed by atoms with Gasteiger partial charge in [0.1, 0.15) is 10.6 Å². The zero-order chi connectivity index (χ0) is 13.8. The highest BCUT2D eigenvalue weighted by Crippen LogP contribution is 2.27. The van der Waals surface area contributed by atoms with E-state index in [0.717, 1.165) is 6.42 Å². The highest BCUT2D eigenvalue weighted by atomic mass is 79.9. The van der Waals surface area contributed by atoms with Gasteiger partial charge >= 0.3 is 0 Å². The van der Waals surface area contributed by atoms with Gasteiger partial charge in [0.15, 0.2) is 0 Å². The second-order valence-corrected chi connectivity index (χ2v) is 6.55. The van der Waals surface area contributed by atoms with Crippen LogP contribution in [0.1, 0.15) is 27.2 Å². The number of benzene rings is 1. The number of rotatable bonds is 6. The van der Waals surface area contributed by atoms with Crippen LogP contribution in [0.2, 0.25) is 0 Å². The molecule has 0 radical (unpaired) electrons. The Balaban J connectivity index is 3.17. The van der Waals surface area contributed by atoms with Crippen LogP contribution in [-0.2, 0) is 10.0 Å². The van der Waals surface area contributed by atoms with Crippen molar-refractivity contribution in [2.45, 2.75) is 38.1 Å². The number of sulfonamides is 1. The molecule has 1 N–H and O–H groups in total. The van der Waals surface area contributed by atoms with Gasteiger partial charge in [-0.15, -0.1) is 0 Å².